The van der Waals surface area contributed by atoms with Gasteiger partial charge in [0.25, 0.3) is 0 Å². The first-order chi connectivity index (χ1) is 11.7. The smallest absolute Gasteiger partial charge is 0.225 e. The number of hydrogen-bond acceptors (Lipinski definition) is 5. The topological polar surface area (TPSA) is 65.5 Å². The van der Waals surface area contributed by atoms with Crippen molar-refractivity contribution in [1.29, 1.82) is 0 Å². The van der Waals surface area contributed by atoms with Crippen LogP contribution in [-0.4, -0.2) is 47.9 Å². The zero-order valence-corrected chi connectivity index (χ0v) is 15.1. The summed E-state index contributed by atoms with van der Waals surface area (Å²) < 4.78 is 0. The van der Waals surface area contributed by atoms with E-state index in [9.17, 15) is 9.59 Å². The maximum atomic E-state index is 12.4. The summed E-state index contributed by atoms with van der Waals surface area (Å²) in [5, 5.41) is 6.09. The third-order valence-corrected chi connectivity index (χ3v) is 5.76. The van der Waals surface area contributed by atoms with Crippen LogP contribution in [0.1, 0.15) is 44.7 Å². The Kier molecular flexibility index (Phi) is 5.71. The Hall–Kier alpha value is -1.63. The van der Waals surface area contributed by atoms with E-state index in [0.29, 0.717) is 19.5 Å². The summed E-state index contributed by atoms with van der Waals surface area (Å²) in [6.07, 6.45) is 4.74. The first-order valence-electron chi connectivity index (χ1n) is 8.92. The molecule has 2 amide bonds. The number of aromatic nitrogens is 1. The molecule has 0 spiro atoms. The molecule has 1 N–H and O–H groups in total. The molecule has 0 saturated carbocycles. The van der Waals surface area contributed by atoms with Crippen LogP contribution in [0.2, 0.25) is 0 Å². The predicted octanol–water partition coefficient (Wildman–Crippen LogP) is 2.01. The monoisotopic (exact) mass is 350 g/mol. The lowest BCUT2D eigenvalue weighted by atomic mass is 9.97. The zero-order valence-electron chi connectivity index (χ0n) is 14.3. The number of nitrogens with one attached hydrogen (secondary N) is 1. The van der Waals surface area contributed by atoms with Gasteiger partial charge in [-0.25, -0.2) is 4.98 Å². The van der Waals surface area contributed by atoms with Crippen LogP contribution in [0.4, 0.5) is 5.13 Å². The molecular weight excluding hydrogens is 324 g/mol. The molecule has 0 aromatic carbocycles. The number of piperidine rings is 1. The summed E-state index contributed by atoms with van der Waals surface area (Å²) in [5.74, 6) is 0.0903. The van der Waals surface area contributed by atoms with Gasteiger partial charge >= 0.3 is 0 Å². The van der Waals surface area contributed by atoms with Crippen molar-refractivity contribution in [3.05, 3.63) is 11.1 Å². The van der Waals surface area contributed by atoms with Gasteiger partial charge in [0.1, 0.15) is 0 Å². The normalized spacial score (nSPS) is 21.1. The number of likely N-dealkylation sites (tertiary alicyclic amines) is 1. The van der Waals surface area contributed by atoms with Crippen molar-refractivity contribution >= 4 is 28.3 Å². The Bertz CT molecular complexity index is 583. The lowest BCUT2D eigenvalue weighted by Crippen LogP contribution is -2.45. The number of carbonyl (C=O) groups excluding carboxylic acids is 2. The Labute approximate surface area is 147 Å². The molecule has 1 aromatic rings. The van der Waals surface area contributed by atoms with E-state index in [2.05, 4.69) is 15.2 Å². The molecule has 1 aromatic heterocycles. The van der Waals surface area contributed by atoms with E-state index in [1.165, 1.54) is 12.8 Å². The second kappa shape index (κ2) is 7.96. The van der Waals surface area contributed by atoms with Gasteiger partial charge in [-0.1, -0.05) is 6.92 Å². The van der Waals surface area contributed by atoms with Crippen LogP contribution < -0.4 is 10.2 Å². The van der Waals surface area contributed by atoms with Gasteiger partial charge in [-0.2, -0.15) is 0 Å². The summed E-state index contributed by atoms with van der Waals surface area (Å²) >= 11 is 1.65. The highest BCUT2D eigenvalue weighted by atomic mass is 32.1. The van der Waals surface area contributed by atoms with Crippen LogP contribution in [-0.2, 0) is 16.1 Å². The van der Waals surface area contributed by atoms with Gasteiger partial charge in [-0.3, -0.25) is 9.59 Å². The Morgan fingerprint density at radius 2 is 2.08 bits per heavy atom. The van der Waals surface area contributed by atoms with E-state index in [1.54, 1.807) is 11.3 Å². The van der Waals surface area contributed by atoms with Crippen molar-refractivity contribution in [2.75, 3.05) is 31.1 Å². The Morgan fingerprint density at radius 3 is 2.83 bits per heavy atom. The molecule has 3 heterocycles. The zero-order chi connectivity index (χ0) is 16.9. The first-order valence-corrected chi connectivity index (χ1v) is 9.80. The molecule has 24 heavy (non-hydrogen) atoms. The van der Waals surface area contributed by atoms with E-state index < -0.39 is 0 Å². The summed E-state index contributed by atoms with van der Waals surface area (Å²) in [6.45, 7) is 5.84. The van der Waals surface area contributed by atoms with Crippen LogP contribution >= 0.6 is 11.3 Å². The molecule has 6 nitrogen and oxygen atoms in total. The highest BCUT2D eigenvalue weighted by Crippen LogP contribution is 2.24. The Balaban J connectivity index is 1.49. The van der Waals surface area contributed by atoms with E-state index in [4.69, 9.17) is 0 Å². The number of thiazole rings is 1. The van der Waals surface area contributed by atoms with Crippen LogP contribution in [0.15, 0.2) is 5.38 Å². The maximum absolute atomic E-state index is 12.4. The van der Waals surface area contributed by atoms with Crippen molar-refractivity contribution in [3.63, 3.8) is 0 Å². The van der Waals surface area contributed by atoms with E-state index in [1.807, 2.05) is 17.2 Å². The minimum Gasteiger partial charge on any atom is -0.350 e. The van der Waals surface area contributed by atoms with Crippen molar-refractivity contribution < 1.29 is 9.59 Å². The summed E-state index contributed by atoms with van der Waals surface area (Å²) in [6, 6.07) is 0. The summed E-state index contributed by atoms with van der Waals surface area (Å²) in [5.41, 5.74) is 0.924. The number of hydrogen-bond donors (Lipinski definition) is 1. The third kappa shape index (κ3) is 4.06. The van der Waals surface area contributed by atoms with Gasteiger partial charge in [-0.15, -0.1) is 11.3 Å². The fraction of sp³-hybridized carbons (Fsp3) is 0.706. The third-order valence-electron chi connectivity index (χ3n) is 4.81. The average molecular weight is 350 g/mol. The number of anilines is 1. The predicted molar refractivity (Wildman–Crippen MR) is 95.0 cm³/mol. The fourth-order valence-corrected chi connectivity index (χ4v) is 4.27. The minimum atomic E-state index is -0.0917. The van der Waals surface area contributed by atoms with Gasteiger partial charge in [0, 0.05) is 38.0 Å². The molecule has 132 valence electrons. The van der Waals surface area contributed by atoms with Gasteiger partial charge in [0.05, 0.1) is 18.2 Å². The molecule has 2 aliphatic rings. The lowest BCUT2D eigenvalue weighted by molar-refractivity contribution is -0.135. The lowest BCUT2D eigenvalue weighted by Gasteiger charge is -2.31. The van der Waals surface area contributed by atoms with Gasteiger partial charge in [0.15, 0.2) is 5.13 Å². The maximum Gasteiger partial charge on any atom is 0.225 e. The molecule has 7 heteroatoms. The quantitative estimate of drug-likeness (QED) is 0.882. The molecule has 0 bridgehead atoms. The highest BCUT2D eigenvalue weighted by molar-refractivity contribution is 7.13. The molecule has 1 atom stereocenters. The summed E-state index contributed by atoms with van der Waals surface area (Å²) in [7, 11) is 0. The van der Waals surface area contributed by atoms with Crippen LogP contribution in [0.5, 0.6) is 0 Å². The van der Waals surface area contributed by atoms with E-state index >= 15 is 0 Å². The largest absolute Gasteiger partial charge is 0.350 e. The molecule has 0 aliphatic carbocycles. The van der Waals surface area contributed by atoms with Crippen molar-refractivity contribution in [2.45, 2.75) is 45.6 Å². The van der Waals surface area contributed by atoms with E-state index in [-0.39, 0.29) is 17.7 Å². The molecule has 2 saturated heterocycles. The SMILES string of the molecule is CCC(=O)N1CCC[C@H](C(=O)NCc2csc(N3CCCC3)n2)C1. The van der Waals surface area contributed by atoms with Crippen LogP contribution in [0.3, 0.4) is 0 Å². The molecule has 2 fully saturated rings. The Morgan fingerprint density at radius 1 is 1.29 bits per heavy atom. The second-order valence-electron chi connectivity index (χ2n) is 6.57. The first kappa shape index (κ1) is 17.2. The number of rotatable bonds is 5. The van der Waals surface area contributed by atoms with E-state index in [0.717, 1.165) is 43.3 Å². The minimum absolute atomic E-state index is 0.0410. The standard InChI is InChI=1S/C17H26N4O2S/c1-2-15(22)21-9-5-6-13(11-21)16(23)18-10-14-12-24-17(19-14)20-7-3-4-8-20/h12-13H,2-11H2,1H3,(H,18,23)/t13-/m0/s1. The molecular formula is C17H26N4O2S. The molecule has 3 rings (SSSR count). The number of amides is 2. The van der Waals surface area contributed by atoms with Crippen LogP contribution in [0.25, 0.3) is 0 Å². The van der Waals surface area contributed by atoms with Gasteiger partial charge in [-0.05, 0) is 25.7 Å². The second-order valence-corrected chi connectivity index (χ2v) is 7.40. The summed E-state index contributed by atoms with van der Waals surface area (Å²) in [4.78, 5) is 33.0. The average Bonchev–Trinajstić information content (AvgIpc) is 3.30. The van der Waals surface area contributed by atoms with Crippen molar-refractivity contribution in [1.82, 2.24) is 15.2 Å². The van der Waals surface area contributed by atoms with Crippen LogP contribution in [0, 0.1) is 5.92 Å². The molecule has 0 radical (unpaired) electrons. The van der Waals surface area contributed by atoms with Gasteiger partial charge in [0.2, 0.25) is 11.8 Å². The molecule has 2 aliphatic heterocycles. The molecule has 0 unspecified atom stereocenters. The number of carbonyl (C=O) groups is 2. The van der Waals surface area contributed by atoms with Gasteiger partial charge < -0.3 is 15.1 Å². The number of nitrogens with zero attached hydrogens (tertiary/aromatic N) is 3. The fourth-order valence-electron chi connectivity index (χ4n) is 3.39. The van der Waals surface area contributed by atoms with Crippen molar-refractivity contribution in [3.8, 4) is 0 Å². The van der Waals surface area contributed by atoms with Crippen molar-refractivity contribution in [2.24, 2.45) is 5.92 Å². The highest BCUT2D eigenvalue weighted by Gasteiger charge is 2.27.